The van der Waals surface area contributed by atoms with Crippen molar-refractivity contribution < 1.29 is 22.7 Å². The number of nitrogens with one attached hydrogen (secondary N) is 2. The molecule has 0 bridgehead atoms. The zero-order chi connectivity index (χ0) is 27.2. The molecule has 196 valence electrons. The molecule has 3 rings (SSSR count). The van der Waals surface area contributed by atoms with Gasteiger partial charge in [-0.2, -0.15) is 0 Å². The monoisotopic (exact) mass is 543 g/mol. The smallest absolute Gasteiger partial charge is 0.264 e. The number of sulfonamides is 1. The maximum Gasteiger partial charge on any atom is 0.264 e. The Hall–Kier alpha value is -3.56. The highest BCUT2D eigenvalue weighted by Crippen LogP contribution is 2.35. The van der Waals surface area contributed by atoms with Gasteiger partial charge in [-0.25, -0.2) is 8.42 Å². The summed E-state index contributed by atoms with van der Waals surface area (Å²) in [6, 6.07) is 17.3. The lowest BCUT2D eigenvalue weighted by atomic mass is 10.1. The maximum absolute atomic E-state index is 13.7. The molecule has 0 unspecified atom stereocenters. The standard InChI is InChI=1S/C27H30ClN3O5S/c1-5-19(3)29-27(33)22-8-6-7-9-23(22)30-26(32)17-31(24-16-20(28)12-15-25(24)36-4)37(34,35)21-13-10-18(2)11-14-21/h6-16,19H,5,17H2,1-4H3,(H,29,33)(H,30,32)/t19-/m0/s1. The van der Waals surface area contributed by atoms with Crippen molar-refractivity contribution in [3.05, 3.63) is 82.9 Å². The fourth-order valence-electron chi connectivity index (χ4n) is 3.51. The van der Waals surface area contributed by atoms with Gasteiger partial charge in [-0.05, 0) is 62.7 Å². The predicted molar refractivity (Wildman–Crippen MR) is 146 cm³/mol. The van der Waals surface area contributed by atoms with Crippen LogP contribution in [-0.2, 0) is 14.8 Å². The van der Waals surface area contributed by atoms with Gasteiger partial charge in [0.1, 0.15) is 12.3 Å². The van der Waals surface area contributed by atoms with Crippen LogP contribution in [0.25, 0.3) is 0 Å². The van der Waals surface area contributed by atoms with Crippen molar-refractivity contribution in [2.24, 2.45) is 0 Å². The van der Waals surface area contributed by atoms with E-state index >= 15 is 0 Å². The summed E-state index contributed by atoms with van der Waals surface area (Å²) in [5, 5.41) is 5.83. The first-order valence-electron chi connectivity index (χ1n) is 11.7. The predicted octanol–water partition coefficient (Wildman–Crippen LogP) is 5.02. The first kappa shape index (κ1) is 28.0. The summed E-state index contributed by atoms with van der Waals surface area (Å²) in [7, 11) is -2.80. The number of carbonyl (C=O) groups excluding carboxylic acids is 2. The van der Waals surface area contributed by atoms with Crippen molar-refractivity contribution >= 4 is 44.8 Å². The van der Waals surface area contributed by atoms with Crippen LogP contribution in [0.1, 0.15) is 36.2 Å². The van der Waals surface area contributed by atoms with Crippen molar-refractivity contribution in [3.63, 3.8) is 0 Å². The molecule has 2 amide bonds. The SMILES string of the molecule is CC[C@H](C)NC(=O)c1ccccc1NC(=O)CN(c1cc(Cl)ccc1OC)S(=O)(=O)c1ccc(C)cc1. The van der Waals surface area contributed by atoms with E-state index in [0.29, 0.717) is 0 Å². The molecule has 0 aliphatic rings. The summed E-state index contributed by atoms with van der Waals surface area (Å²) in [4.78, 5) is 26.0. The van der Waals surface area contributed by atoms with Gasteiger partial charge in [-0.15, -0.1) is 0 Å². The number of nitrogens with zero attached hydrogens (tertiary/aromatic N) is 1. The number of amides is 2. The third kappa shape index (κ3) is 6.81. The van der Waals surface area contributed by atoms with E-state index in [1.165, 1.54) is 31.4 Å². The number of hydrogen-bond acceptors (Lipinski definition) is 5. The number of carbonyl (C=O) groups is 2. The fourth-order valence-corrected chi connectivity index (χ4v) is 5.10. The number of hydrogen-bond donors (Lipinski definition) is 2. The molecule has 0 heterocycles. The van der Waals surface area contributed by atoms with Crippen LogP contribution in [0.3, 0.4) is 0 Å². The average Bonchev–Trinajstić information content (AvgIpc) is 2.87. The van der Waals surface area contributed by atoms with Gasteiger partial charge in [0.05, 0.1) is 28.9 Å². The molecule has 0 fully saturated rings. The Balaban J connectivity index is 1.99. The molecule has 1 atom stereocenters. The summed E-state index contributed by atoms with van der Waals surface area (Å²) < 4.78 is 33.8. The van der Waals surface area contributed by atoms with Gasteiger partial charge >= 0.3 is 0 Å². The summed E-state index contributed by atoms with van der Waals surface area (Å²) in [5.74, 6) is -0.770. The normalized spacial score (nSPS) is 11.9. The molecule has 8 nitrogen and oxygen atoms in total. The lowest BCUT2D eigenvalue weighted by Crippen LogP contribution is -2.39. The summed E-state index contributed by atoms with van der Waals surface area (Å²) in [5.41, 5.74) is 1.52. The molecule has 10 heteroatoms. The van der Waals surface area contributed by atoms with Crippen LogP contribution in [0.2, 0.25) is 5.02 Å². The lowest BCUT2D eigenvalue weighted by Gasteiger charge is -2.26. The van der Waals surface area contributed by atoms with Gasteiger partial charge in [0, 0.05) is 11.1 Å². The molecule has 3 aromatic rings. The molecule has 0 aliphatic carbocycles. The average molecular weight is 544 g/mol. The summed E-state index contributed by atoms with van der Waals surface area (Å²) >= 11 is 6.19. The Kier molecular flexibility index (Phi) is 9.18. The van der Waals surface area contributed by atoms with Crippen molar-refractivity contribution in [1.29, 1.82) is 0 Å². The Morgan fingerprint density at radius 1 is 1.05 bits per heavy atom. The molecule has 0 aromatic heterocycles. The van der Waals surface area contributed by atoms with E-state index in [9.17, 15) is 18.0 Å². The quantitative estimate of drug-likeness (QED) is 0.373. The van der Waals surface area contributed by atoms with E-state index in [1.54, 1.807) is 42.5 Å². The highest BCUT2D eigenvalue weighted by Gasteiger charge is 2.30. The van der Waals surface area contributed by atoms with Gasteiger partial charge in [0.25, 0.3) is 15.9 Å². The van der Waals surface area contributed by atoms with Crippen LogP contribution in [-0.4, -0.2) is 39.9 Å². The minimum absolute atomic E-state index is 0.00117. The Morgan fingerprint density at radius 2 is 1.73 bits per heavy atom. The number of methoxy groups -OCH3 is 1. The van der Waals surface area contributed by atoms with E-state index in [1.807, 2.05) is 20.8 Å². The molecule has 0 spiro atoms. The third-order valence-electron chi connectivity index (χ3n) is 5.74. The van der Waals surface area contributed by atoms with Gasteiger partial charge in [-0.1, -0.05) is 48.4 Å². The van der Waals surface area contributed by atoms with Gasteiger partial charge in [-0.3, -0.25) is 13.9 Å². The van der Waals surface area contributed by atoms with Gasteiger partial charge in [0.2, 0.25) is 5.91 Å². The Morgan fingerprint density at radius 3 is 2.38 bits per heavy atom. The van der Waals surface area contributed by atoms with Crippen LogP contribution in [0.4, 0.5) is 11.4 Å². The number of aryl methyl sites for hydroxylation is 1. The van der Waals surface area contributed by atoms with Crippen LogP contribution >= 0.6 is 11.6 Å². The second-order valence-electron chi connectivity index (χ2n) is 8.52. The molecule has 3 aromatic carbocycles. The Bertz CT molecular complexity index is 1380. The number of ether oxygens (including phenoxy) is 1. The van der Waals surface area contributed by atoms with Crippen molar-refractivity contribution in [3.8, 4) is 5.75 Å². The third-order valence-corrected chi connectivity index (χ3v) is 7.75. The molecular weight excluding hydrogens is 514 g/mol. The molecule has 37 heavy (non-hydrogen) atoms. The maximum atomic E-state index is 13.7. The second kappa shape index (κ2) is 12.1. The fraction of sp³-hybridized carbons (Fsp3) is 0.259. The topological polar surface area (TPSA) is 105 Å². The van der Waals surface area contributed by atoms with E-state index in [-0.39, 0.29) is 44.6 Å². The molecule has 2 N–H and O–H groups in total. The Labute approximate surface area is 222 Å². The second-order valence-corrected chi connectivity index (χ2v) is 10.8. The van der Waals surface area contributed by atoms with Crippen LogP contribution in [0.15, 0.2) is 71.6 Å². The van der Waals surface area contributed by atoms with Crippen molar-refractivity contribution in [1.82, 2.24) is 5.32 Å². The highest BCUT2D eigenvalue weighted by molar-refractivity contribution is 7.92. The number of halogens is 1. The lowest BCUT2D eigenvalue weighted by molar-refractivity contribution is -0.114. The summed E-state index contributed by atoms with van der Waals surface area (Å²) in [6.07, 6.45) is 0.744. The molecule has 0 saturated carbocycles. The minimum atomic E-state index is -4.20. The van der Waals surface area contributed by atoms with Crippen LogP contribution in [0, 0.1) is 6.92 Å². The largest absolute Gasteiger partial charge is 0.495 e. The van der Waals surface area contributed by atoms with Crippen molar-refractivity contribution in [2.45, 2.75) is 38.1 Å². The van der Waals surface area contributed by atoms with Crippen molar-refractivity contribution in [2.75, 3.05) is 23.3 Å². The van der Waals surface area contributed by atoms with Crippen LogP contribution in [0.5, 0.6) is 5.75 Å². The van der Waals surface area contributed by atoms with Crippen LogP contribution < -0.4 is 19.7 Å². The van der Waals surface area contributed by atoms with E-state index in [2.05, 4.69) is 10.6 Å². The summed E-state index contributed by atoms with van der Waals surface area (Å²) in [6.45, 7) is 5.09. The van der Waals surface area contributed by atoms with E-state index < -0.39 is 22.5 Å². The van der Waals surface area contributed by atoms with Gasteiger partial charge in [0.15, 0.2) is 0 Å². The van der Waals surface area contributed by atoms with E-state index in [4.69, 9.17) is 16.3 Å². The zero-order valence-corrected chi connectivity index (χ0v) is 22.7. The molecular formula is C27H30ClN3O5S. The molecule has 0 saturated heterocycles. The number of anilines is 2. The van der Waals surface area contributed by atoms with Gasteiger partial charge < -0.3 is 15.4 Å². The molecule has 0 aliphatic heterocycles. The number of benzene rings is 3. The molecule has 0 radical (unpaired) electrons. The zero-order valence-electron chi connectivity index (χ0n) is 21.1. The first-order valence-corrected chi connectivity index (χ1v) is 13.5. The minimum Gasteiger partial charge on any atom is -0.495 e. The number of rotatable bonds is 10. The number of para-hydroxylation sites is 1. The first-order chi connectivity index (χ1) is 17.6. The van der Waals surface area contributed by atoms with E-state index in [0.717, 1.165) is 16.3 Å². The highest BCUT2D eigenvalue weighted by atomic mass is 35.5.